The van der Waals surface area contributed by atoms with Crippen molar-refractivity contribution in [3.8, 4) is 192 Å². The molecule has 8 nitrogen and oxygen atoms in total. The normalized spacial score (nSPS) is 12.6. The second-order valence-corrected chi connectivity index (χ2v) is 35.7. The summed E-state index contributed by atoms with van der Waals surface area (Å²) in [6, 6.07) is 169. The van der Waals surface area contributed by atoms with Crippen LogP contribution in [0.1, 0.15) is 0 Å². The lowest BCUT2D eigenvalue weighted by Crippen LogP contribution is -2.57. The molecule has 138 heavy (non-hydrogen) atoms. The molecule has 8 aliphatic rings. The van der Waals surface area contributed by atoms with E-state index in [1.807, 2.05) is 84.9 Å². The van der Waals surface area contributed by atoms with Gasteiger partial charge in [0.15, 0.2) is 0 Å². The van der Waals surface area contributed by atoms with Gasteiger partial charge in [0.25, 0.3) is 26.9 Å². The lowest BCUT2D eigenvalue weighted by Gasteiger charge is -2.34. The lowest BCUT2D eigenvalue weighted by atomic mass is 9.34. The zero-order valence-electron chi connectivity index (χ0n) is 74.8. The van der Waals surface area contributed by atoms with E-state index in [9.17, 15) is 0 Å². The number of benzene rings is 21. The third-order valence-corrected chi connectivity index (χ3v) is 27.6. The number of para-hydroxylation sites is 4. The van der Waals surface area contributed by atoms with Crippen LogP contribution in [0.15, 0.2) is 485 Å². The summed E-state index contributed by atoms with van der Waals surface area (Å²) in [6.07, 6.45) is 0. The second kappa shape index (κ2) is 34.4. The second-order valence-electron chi connectivity index (χ2n) is 35.7. The molecule has 21 aromatic rings. The Hall–Kier alpha value is -17.7. The van der Waals surface area contributed by atoms with Crippen molar-refractivity contribution in [2.45, 2.75) is 0 Å². The monoisotopic (exact) mass is 1760 g/mol. The zero-order chi connectivity index (χ0) is 91.1. The first kappa shape index (κ1) is 81.1. The van der Waals surface area contributed by atoms with Crippen molar-refractivity contribution in [1.29, 1.82) is 0 Å². The summed E-state index contributed by atoms with van der Waals surface area (Å²) in [5, 5.41) is 0. The molecule has 0 atom stereocenters. The van der Waals surface area contributed by atoms with Gasteiger partial charge in [0.1, 0.15) is 92.0 Å². The summed E-state index contributed by atoms with van der Waals surface area (Å²) in [4.78, 5) is 0. The van der Waals surface area contributed by atoms with Gasteiger partial charge >= 0.3 is 0 Å². The van der Waals surface area contributed by atoms with Crippen molar-refractivity contribution in [1.82, 2.24) is 0 Å². The van der Waals surface area contributed by atoms with Crippen LogP contribution in [0.3, 0.4) is 0 Å². The molecule has 0 aliphatic carbocycles. The third kappa shape index (κ3) is 14.6. The van der Waals surface area contributed by atoms with Crippen molar-refractivity contribution in [3.05, 3.63) is 485 Å². The van der Waals surface area contributed by atoms with Crippen molar-refractivity contribution < 1.29 is 37.9 Å². The zero-order valence-corrected chi connectivity index (χ0v) is 74.8. The molecule has 8 aliphatic heterocycles. The van der Waals surface area contributed by atoms with Gasteiger partial charge < -0.3 is 37.9 Å². The lowest BCUT2D eigenvalue weighted by molar-refractivity contribution is 0.464. The van der Waals surface area contributed by atoms with Gasteiger partial charge in [0.05, 0.1) is 0 Å². The van der Waals surface area contributed by atoms with Crippen LogP contribution < -0.4 is 103 Å². The highest BCUT2D eigenvalue weighted by molar-refractivity contribution is 7.00. The van der Waals surface area contributed by atoms with E-state index in [0.717, 1.165) is 208 Å². The molecule has 0 bridgehead atoms. The Bertz CT molecular complexity index is 8330. The molecule has 0 fully saturated rings. The summed E-state index contributed by atoms with van der Waals surface area (Å²) in [5.41, 5.74) is 34.3. The van der Waals surface area contributed by atoms with Crippen molar-refractivity contribution in [3.63, 3.8) is 0 Å². The highest BCUT2D eigenvalue weighted by Gasteiger charge is 2.46. The van der Waals surface area contributed by atoms with E-state index in [1.54, 1.807) is 0 Å². The number of hydrogen-bond donors (Lipinski definition) is 0. The molecule has 644 valence electrons. The quantitative estimate of drug-likeness (QED) is 0.132. The molecule has 0 N–H and O–H groups in total. The SMILES string of the molecule is c1ccc(-c2cc3c4c(c2)Oc2c(cccc2-c2ccccc2)B4c2cc(-c4ccccc4)ccc2O3)cc1.c1ccc(-c2ccc3c(c2)Oc2cc(-c4ccccc4)cc4c2B3c2cccc(-c3ccccc3)c2O4)cc1.c1ccc(-c2ccc3c(c2)Oc2cc(-c4ccccc4)cc4c2B3c2ccccc2O4)cc1.c1ccc(-c2ccc3c(c2)Oc2cccc4c2B3c2ccccc2O4)cc1. The van der Waals surface area contributed by atoms with Gasteiger partial charge in [-0.1, -0.05) is 400 Å². The first-order valence-corrected chi connectivity index (χ1v) is 47.0. The molecular weight excluding hydrogens is 1680 g/mol. The van der Waals surface area contributed by atoms with Gasteiger partial charge in [-0.15, -0.1) is 0 Å². The smallest absolute Gasteiger partial charge is 0.260 e. The van der Waals surface area contributed by atoms with Crippen molar-refractivity contribution >= 4 is 92.4 Å². The molecule has 0 aromatic heterocycles. The summed E-state index contributed by atoms with van der Waals surface area (Å²) in [7, 11) is 0. The topological polar surface area (TPSA) is 73.8 Å². The minimum Gasteiger partial charge on any atom is -0.458 e. The molecule has 12 heteroatoms. The van der Waals surface area contributed by atoms with E-state index in [2.05, 4.69) is 400 Å². The Balaban J connectivity index is 0.0000000959. The molecule has 0 amide bonds. The molecule has 0 saturated heterocycles. The fourth-order valence-corrected chi connectivity index (χ4v) is 21.2. The predicted octanol–water partition coefficient (Wildman–Crippen LogP) is 24.7. The summed E-state index contributed by atoms with van der Waals surface area (Å²) >= 11 is 0. The van der Waals surface area contributed by atoms with Crippen LogP contribution >= 0.6 is 0 Å². The van der Waals surface area contributed by atoms with Gasteiger partial charge in [0, 0.05) is 33.0 Å². The third-order valence-electron chi connectivity index (χ3n) is 27.6. The van der Waals surface area contributed by atoms with E-state index in [-0.39, 0.29) is 26.9 Å². The molecule has 21 aromatic carbocycles. The highest BCUT2D eigenvalue weighted by atomic mass is 16.5. The maximum Gasteiger partial charge on any atom is 0.260 e. The Morgan fingerprint density at radius 1 is 0.109 bits per heavy atom. The Labute approximate surface area is 802 Å². The fourth-order valence-electron chi connectivity index (χ4n) is 21.2. The van der Waals surface area contributed by atoms with Gasteiger partial charge in [-0.05, 0) is 218 Å². The molecule has 29 rings (SSSR count). The van der Waals surface area contributed by atoms with Gasteiger partial charge in [-0.3, -0.25) is 0 Å². The summed E-state index contributed by atoms with van der Waals surface area (Å²) in [6.45, 7) is 0.230. The maximum absolute atomic E-state index is 6.82. The van der Waals surface area contributed by atoms with Crippen molar-refractivity contribution in [2.75, 3.05) is 0 Å². The largest absolute Gasteiger partial charge is 0.458 e. The first-order chi connectivity index (χ1) is 68.4. The molecule has 0 saturated carbocycles. The molecular formula is C126H80B4O8. The minimum atomic E-state index is -0.000326. The standard InChI is InChI=1S/2C36H23BO2.C30H19BO2.C24H15BO2/c1-4-11-24(12-5-1)27-19-20-30-32(21-27)38-33-22-28(25-13-6-2-7-14-25)23-34-35(33)37(30)31-18-10-17-29(36(31)39-34)26-15-8-3-9-16-26;1-4-11-24(12-5-1)27-19-20-32-31(21-27)37-30-18-10-17-29(26-15-8-3-9-16-26)36(30)39-34-23-28(22-33(38-32)35(34)37)25-13-6-2-7-14-25;1-3-9-20(10-4-1)22-15-16-25-27(17-22)33-29-19-23(21-11-5-2-6-12-21)18-28-30(29)31(25)24-13-7-8-14-26(24)32-28;1-2-7-16(8-3-1)17-13-14-19-23(15-17)27-22-12-6-11-21-24(22)25(19)18-9-4-5-10-20(18)26-21/h2*1-23H;1-19H;1-15H. The fraction of sp³-hybridized carbons (Fsp3) is 0. The van der Waals surface area contributed by atoms with E-state index in [1.165, 1.54) is 49.7 Å². The minimum absolute atomic E-state index is 0.000326. The summed E-state index contributed by atoms with van der Waals surface area (Å²) < 4.78 is 52.4. The van der Waals surface area contributed by atoms with E-state index in [4.69, 9.17) is 37.9 Å². The Morgan fingerprint density at radius 2 is 0.319 bits per heavy atom. The van der Waals surface area contributed by atoms with Crippen LogP contribution in [-0.4, -0.2) is 26.9 Å². The van der Waals surface area contributed by atoms with Crippen LogP contribution in [-0.2, 0) is 0 Å². The molecule has 8 heterocycles. The Kier molecular flexibility index (Phi) is 20.2. The number of rotatable bonds is 9. The van der Waals surface area contributed by atoms with Gasteiger partial charge in [0.2, 0.25) is 0 Å². The Morgan fingerprint density at radius 3 is 0.667 bits per heavy atom. The summed E-state index contributed by atoms with van der Waals surface area (Å²) in [5.74, 6) is 14.2. The maximum atomic E-state index is 6.82. The molecule has 0 radical (unpaired) electrons. The van der Waals surface area contributed by atoms with Crippen LogP contribution in [0.4, 0.5) is 0 Å². The highest BCUT2D eigenvalue weighted by Crippen LogP contribution is 2.48. The van der Waals surface area contributed by atoms with Crippen LogP contribution in [0.2, 0.25) is 0 Å². The first-order valence-electron chi connectivity index (χ1n) is 47.0. The van der Waals surface area contributed by atoms with E-state index < -0.39 is 0 Å². The number of fused-ring (bicyclic) bond motifs is 16. The van der Waals surface area contributed by atoms with Crippen LogP contribution in [0, 0.1) is 0 Å². The van der Waals surface area contributed by atoms with Crippen LogP contribution in [0.25, 0.3) is 100 Å². The molecule has 0 unspecified atom stereocenters. The van der Waals surface area contributed by atoms with Crippen molar-refractivity contribution in [2.24, 2.45) is 0 Å². The van der Waals surface area contributed by atoms with Gasteiger partial charge in [-0.2, -0.15) is 0 Å². The number of hydrogen-bond acceptors (Lipinski definition) is 8. The van der Waals surface area contributed by atoms with Gasteiger partial charge in [-0.25, -0.2) is 0 Å². The molecule has 0 spiro atoms. The van der Waals surface area contributed by atoms with E-state index in [0.29, 0.717) is 0 Å². The number of ether oxygens (including phenoxy) is 8. The average Bonchev–Trinajstić information content (AvgIpc) is 0.716. The average molecular weight is 1770 g/mol. The van der Waals surface area contributed by atoms with Crippen LogP contribution in [0.5, 0.6) is 92.0 Å². The van der Waals surface area contributed by atoms with E-state index >= 15 is 0 Å². The predicted molar refractivity (Wildman–Crippen MR) is 565 cm³/mol.